The monoisotopic (exact) mass is 467 g/mol. The average molecular weight is 468 g/mol. The van der Waals surface area contributed by atoms with Gasteiger partial charge >= 0.3 is 11.9 Å². The van der Waals surface area contributed by atoms with E-state index in [1.54, 1.807) is 0 Å². The van der Waals surface area contributed by atoms with Crippen molar-refractivity contribution in [2.45, 2.75) is 62.9 Å². The molecule has 3 atom stereocenters. The Morgan fingerprint density at radius 2 is 1.79 bits per heavy atom. The number of likely N-dealkylation sites (N-methyl/N-ethyl adjacent to an activating group) is 1. The molecule has 4 N–H and O–H groups in total. The summed E-state index contributed by atoms with van der Waals surface area (Å²) in [5.74, 6) is -1.66. The van der Waals surface area contributed by atoms with Gasteiger partial charge < -0.3 is 25.4 Å². The normalized spacial score (nSPS) is 24.8. The van der Waals surface area contributed by atoms with Crippen molar-refractivity contribution < 1.29 is 24.6 Å². The van der Waals surface area contributed by atoms with Crippen LogP contribution in [-0.2, 0) is 20.8 Å². The Morgan fingerprint density at radius 3 is 2.47 bits per heavy atom. The predicted molar refractivity (Wildman–Crippen MR) is 129 cm³/mol. The molecular formula is C26H33N3O5. The first-order chi connectivity index (χ1) is 16.3. The molecule has 1 saturated heterocycles. The summed E-state index contributed by atoms with van der Waals surface area (Å²) in [6.45, 7) is 0.884. The number of carbonyl (C=O) groups is 3. The van der Waals surface area contributed by atoms with Crippen LogP contribution in [0.5, 0.6) is 0 Å². The standard InChI is InChI=1S/C22H29N3O.C4H4O4/c1-25-13-15(22(26)24-16-6-3-2-4-7-16)10-18-17-8-5-9-19-21(17)14(12-23-19)11-20(18)25;5-3(6)1-2-4(7)8/h5,8-9,12,15-16,18,20,23H,2-4,6-7,10-11,13H2,1H3,(H,24,26);1-2H,(H,5,6)(H,7,8)/b;2-1+. The second-order valence-electron chi connectivity index (χ2n) is 9.69. The molecule has 5 rings (SSSR count). The number of carbonyl (C=O) groups excluding carboxylic acids is 1. The number of rotatable bonds is 4. The molecule has 8 heteroatoms. The van der Waals surface area contributed by atoms with Gasteiger partial charge in [0.1, 0.15) is 0 Å². The number of aromatic amines is 1. The Balaban J connectivity index is 0.000000297. The summed E-state index contributed by atoms with van der Waals surface area (Å²) in [6, 6.07) is 7.54. The number of hydrogen-bond acceptors (Lipinski definition) is 4. The van der Waals surface area contributed by atoms with E-state index in [0.29, 0.717) is 30.2 Å². The van der Waals surface area contributed by atoms with Crippen LogP contribution in [0.15, 0.2) is 36.5 Å². The van der Waals surface area contributed by atoms with Crippen molar-refractivity contribution in [3.05, 3.63) is 47.7 Å². The van der Waals surface area contributed by atoms with Gasteiger partial charge in [0.25, 0.3) is 0 Å². The van der Waals surface area contributed by atoms with E-state index in [1.807, 2.05) is 0 Å². The van der Waals surface area contributed by atoms with Crippen LogP contribution in [-0.4, -0.2) is 63.6 Å². The van der Waals surface area contributed by atoms with Gasteiger partial charge in [-0.05, 0) is 49.9 Å². The van der Waals surface area contributed by atoms with E-state index >= 15 is 0 Å². The average Bonchev–Trinajstić information content (AvgIpc) is 3.23. The molecule has 8 nitrogen and oxygen atoms in total. The number of aliphatic carboxylic acids is 2. The molecule has 2 heterocycles. The zero-order valence-electron chi connectivity index (χ0n) is 19.5. The highest BCUT2D eigenvalue weighted by Gasteiger charge is 2.41. The van der Waals surface area contributed by atoms with Gasteiger partial charge in [-0.1, -0.05) is 31.4 Å². The number of aromatic nitrogens is 1. The molecule has 34 heavy (non-hydrogen) atoms. The molecule has 2 aliphatic carbocycles. The fourth-order valence-electron chi connectivity index (χ4n) is 5.84. The number of amides is 1. The van der Waals surface area contributed by atoms with Gasteiger partial charge in [0, 0.05) is 53.8 Å². The van der Waals surface area contributed by atoms with Gasteiger partial charge in [-0.3, -0.25) is 4.79 Å². The van der Waals surface area contributed by atoms with Crippen molar-refractivity contribution in [1.82, 2.24) is 15.2 Å². The number of fused-ring (bicyclic) bond motifs is 2. The minimum absolute atomic E-state index is 0.110. The number of likely N-dealkylation sites (tertiary alicyclic amines) is 1. The molecule has 2 fully saturated rings. The third-order valence-electron chi connectivity index (χ3n) is 7.42. The highest BCUT2D eigenvalue weighted by molar-refractivity contribution is 5.90. The number of nitrogens with zero attached hydrogens (tertiary/aromatic N) is 1. The smallest absolute Gasteiger partial charge is 0.328 e. The molecule has 182 valence electrons. The minimum Gasteiger partial charge on any atom is -0.478 e. The Labute approximate surface area is 199 Å². The van der Waals surface area contributed by atoms with E-state index in [2.05, 4.69) is 46.6 Å². The van der Waals surface area contributed by atoms with Crippen LogP contribution < -0.4 is 5.32 Å². The molecule has 0 radical (unpaired) electrons. The molecule has 1 aromatic heterocycles. The molecule has 1 saturated carbocycles. The van der Waals surface area contributed by atoms with Crippen molar-refractivity contribution in [2.75, 3.05) is 13.6 Å². The maximum Gasteiger partial charge on any atom is 0.328 e. The van der Waals surface area contributed by atoms with E-state index in [9.17, 15) is 14.4 Å². The SMILES string of the molecule is CN1CC(C(=O)NC2CCCCC2)CC2c3cccc4[nH]cc(c34)CC21.O=C(O)/C=C/C(=O)O. The highest BCUT2D eigenvalue weighted by atomic mass is 16.4. The Hall–Kier alpha value is -3.13. The lowest BCUT2D eigenvalue weighted by molar-refractivity contribution is -0.134. The number of piperidine rings is 1. The Morgan fingerprint density at radius 1 is 1.09 bits per heavy atom. The van der Waals surface area contributed by atoms with Gasteiger partial charge in [0.15, 0.2) is 0 Å². The van der Waals surface area contributed by atoms with Gasteiger partial charge in [0.2, 0.25) is 5.91 Å². The first-order valence-corrected chi connectivity index (χ1v) is 12.1. The first kappa shape index (κ1) is 24.0. The number of carboxylic acids is 2. The summed E-state index contributed by atoms with van der Waals surface area (Å²) in [4.78, 5) is 38.0. The fraction of sp³-hybridized carbons (Fsp3) is 0.500. The lowest BCUT2D eigenvalue weighted by Gasteiger charge is -2.45. The highest BCUT2D eigenvalue weighted by Crippen LogP contribution is 2.44. The quantitative estimate of drug-likeness (QED) is 0.512. The first-order valence-electron chi connectivity index (χ1n) is 12.1. The second kappa shape index (κ2) is 10.4. The van der Waals surface area contributed by atoms with E-state index in [4.69, 9.17) is 10.2 Å². The predicted octanol–water partition coefficient (Wildman–Crippen LogP) is 3.29. The van der Waals surface area contributed by atoms with Crippen LogP contribution in [0.1, 0.15) is 55.6 Å². The molecular weight excluding hydrogens is 434 g/mol. The molecule has 3 unspecified atom stereocenters. The summed E-state index contributed by atoms with van der Waals surface area (Å²) in [7, 11) is 2.20. The van der Waals surface area contributed by atoms with Gasteiger partial charge in [-0.15, -0.1) is 0 Å². The third kappa shape index (κ3) is 5.33. The Bertz CT molecular complexity index is 1070. The maximum atomic E-state index is 13.0. The van der Waals surface area contributed by atoms with E-state index in [1.165, 1.54) is 41.3 Å². The molecule has 2 aromatic rings. The third-order valence-corrected chi connectivity index (χ3v) is 7.42. The van der Waals surface area contributed by atoms with Gasteiger partial charge in [-0.2, -0.15) is 0 Å². The van der Waals surface area contributed by atoms with E-state index < -0.39 is 11.9 Å². The van der Waals surface area contributed by atoms with Crippen LogP contribution in [0.25, 0.3) is 10.9 Å². The number of carboxylic acid groups (broad SMARTS) is 2. The maximum absolute atomic E-state index is 13.0. The molecule has 0 bridgehead atoms. The van der Waals surface area contributed by atoms with Crippen molar-refractivity contribution in [2.24, 2.45) is 5.92 Å². The van der Waals surface area contributed by atoms with Crippen molar-refractivity contribution >= 4 is 28.7 Å². The zero-order chi connectivity index (χ0) is 24.2. The van der Waals surface area contributed by atoms with E-state index in [0.717, 1.165) is 32.2 Å². The van der Waals surface area contributed by atoms with Crippen molar-refractivity contribution in [1.29, 1.82) is 0 Å². The Kier molecular flexibility index (Phi) is 7.36. The van der Waals surface area contributed by atoms with Crippen LogP contribution in [0, 0.1) is 5.92 Å². The van der Waals surface area contributed by atoms with Gasteiger partial charge in [0.05, 0.1) is 5.92 Å². The largest absolute Gasteiger partial charge is 0.478 e. The second-order valence-corrected chi connectivity index (χ2v) is 9.69. The summed E-state index contributed by atoms with van der Waals surface area (Å²) < 4.78 is 0. The van der Waals surface area contributed by atoms with Crippen molar-refractivity contribution in [3.8, 4) is 0 Å². The molecule has 1 aliphatic heterocycles. The lowest BCUT2D eigenvalue weighted by Crippen LogP contribution is -2.52. The van der Waals surface area contributed by atoms with E-state index in [-0.39, 0.29) is 11.8 Å². The molecule has 1 amide bonds. The minimum atomic E-state index is -1.26. The number of benzene rings is 1. The van der Waals surface area contributed by atoms with Crippen LogP contribution >= 0.6 is 0 Å². The topological polar surface area (TPSA) is 123 Å². The summed E-state index contributed by atoms with van der Waals surface area (Å²) >= 11 is 0. The number of nitrogens with one attached hydrogen (secondary N) is 2. The zero-order valence-corrected chi connectivity index (χ0v) is 19.5. The van der Waals surface area contributed by atoms with Crippen molar-refractivity contribution in [3.63, 3.8) is 0 Å². The fourth-order valence-corrected chi connectivity index (χ4v) is 5.84. The summed E-state index contributed by atoms with van der Waals surface area (Å²) in [5, 5.41) is 20.4. The van der Waals surface area contributed by atoms with Crippen LogP contribution in [0.3, 0.4) is 0 Å². The van der Waals surface area contributed by atoms with Crippen LogP contribution in [0.2, 0.25) is 0 Å². The lowest BCUT2D eigenvalue weighted by atomic mass is 9.72. The molecule has 1 aromatic carbocycles. The number of hydrogen-bond donors (Lipinski definition) is 4. The molecule has 3 aliphatic rings. The molecule has 0 spiro atoms. The summed E-state index contributed by atoms with van der Waals surface area (Å²) in [5.41, 5.74) is 4.12. The van der Waals surface area contributed by atoms with Gasteiger partial charge in [-0.25, -0.2) is 9.59 Å². The summed E-state index contributed by atoms with van der Waals surface area (Å²) in [6.07, 6.45) is 11.5. The van der Waals surface area contributed by atoms with Crippen LogP contribution in [0.4, 0.5) is 0 Å². The number of H-pyrrole nitrogens is 1.